The van der Waals surface area contributed by atoms with E-state index in [4.69, 9.17) is 16.3 Å². The molecule has 0 aromatic rings. The molecular weight excluding hydrogens is 128 g/mol. The van der Waals surface area contributed by atoms with Gasteiger partial charge in [0.2, 0.25) is 0 Å². The number of hydrogen-bond donors (Lipinski definition) is 1. The summed E-state index contributed by atoms with van der Waals surface area (Å²) in [4.78, 5) is 0. The van der Waals surface area contributed by atoms with Crippen LogP contribution in [0.2, 0.25) is 0 Å². The first-order chi connectivity index (χ1) is 4.81. The van der Waals surface area contributed by atoms with Gasteiger partial charge in [-0.05, 0) is 0 Å². The van der Waals surface area contributed by atoms with Crippen LogP contribution in [0.4, 0.5) is 0 Å². The zero-order chi connectivity index (χ0) is 7.82. The van der Waals surface area contributed by atoms with Crippen LogP contribution >= 0.6 is 0 Å². The molecule has 0 aliphatic carbocycles. The molecule has 0 aliphatic rings. The van der Waals surface area contributed by atoms with Gasteiger partial charge in [-0.15, -0.1) is 18.9 Å². The lowest BCUT2D eigenvalue weighted by Crippen LogP contribution is -2.14. The minimum atomic E-state index is -0.537. The van der Waals surface area contributed by atoms with Gasteiger partial charge in [-0.25, -0.2) is 0 Å². The second kappa shape index (κ2) is 6.34. The van der Waals surface area contributed by atoms with Crippen LogP contribution in [0, 0.1) is 12.3 Å². The van der Waals surface area contributed by atoms with Crippen LogP contribution in [-0.4, -0.2) is 24.4 Å². The predicted molar refractivity (Wildman–Crippen MR) is 40.5 cm³/mol. The number of aliphatic hydroxyl groups is 1. The molecule has 0 amide bonds. The third-order valence-corrected chi connectivity index (χ3v) is 0.899. The third kappa shape index (κ3) is 5.36. The molecule has 56 valence electrons. The maximum atomic E-state index is 8.97. The van der Waals surface area contributed by atoms with Crippen molar-refractivity contribution in [1.29, 1.82) is 0 Å². The van der Waals surface area contributed by atoms with E-state index in [1.54, 1.807) is 6.08 Å². The van der Waals surface area contributed by atoms with E-state index in [-0.39, 0.29) is 6.61 Å². The lowest BCUT2D eigenvalue weighted by Gasteiger charge is -2.05. The molecule has 0 bridgehead atoms. The van der Waals surface area contributed by atoms with Gasteiger partial charge < -0.3 is 9.84 Å². The highest BCUT2D eigenvalue weighted by Crippen LogP contribution is 1.89. The Hall–Kier alpha value is -0.780. The fourth-order valence-corrected chi connectivity index (χ4v) is 0.482. The van der Waals surface area contributed by atoms with Gasteiger partial charge in [-0.3, -0.25) is 0 Å². The molecule has 1 N–H and O–H groups in total. The number of terminal acetylenes is 1. The Kier molecular flexibility index (Phi) is 5.85. The Morgan fingerprint density at radius 2 is 2.50 bits per heavy atom. The summed E-state index contributed by atoms with van der Waals surface area (Å²) in [5.41, 5.74) is 0. The third-order valence-electron chi connectivity index (χ3n) is 0.899. The molecule has 2 heteroatoms. The molecular formula is C8H12O2. The molecule has 0 radical (unpaired) electrons. The van der Waals surface area contributed by atoms with Crippen molar-refractivity contribution in [3.05, 3.63) is 12.7 Å². The van der Waals surface area contributed by atoms with Crippen molar-refractivity contribution in [2.75, 3.05) is 13.2 Å². The van der Waals surface area contributed by atoms with Gasteiger partial charge in [0.05, 0.1) is 19.3 Å². The van der Waals surface area contributed by atoms with Gasteiger partial charge in [0.25, 0.3) is 0 Å². The molecule has 0 spiro atoms. The molecule has 0 aliphatic heterocycles. The molecule has 0 rings (SSSR count). The van der Waals surface area contributed by atoms with E-state index in [0.717, 1.165) is 0 Å². The van der Waals surface area contributed by atoms with Gasteiger partial charge in [0.1, 0.15) is 0 Å². The Balaban J connectivity index is 3.14. The topological polar surface area (TPSA) is 29.5 Å². The van der Waals surface area contributed by atoms with E-state index < -0.39 is 6.10 Å². The Labute approximate surface area is 61.5 Å². The average Bonchev–Trinajstić information content (AvgIpc) is 1.89. The summed E-state index contributed by atoms with van der Waals surface area (Å²) in [6, 6.07) is 0. The monoisotopic (exact) mass is 140 g/mol. The summed E-state index contributed by atoms with van der Waals surface area (Å²) in [6.45, 7) is 4.20. The van der Waals surface area contributed by atoms with Crippen molar-refractivity contribution in [3.63, 3.8) is 0 Å². The molecule has 0 saturated heterocycles. The van der Waals surface area contributed by atoms with Gasteiger partial charge in [0, 0.05) is 6.42 Å². The van der Waals surface area contributed by atoms with E-state index in [0.29, 0.717) is 13.0 Å². The Bertz CT molecular complexity index is 124. The van der Waals surface area contributed by atoms with Crippen LogP contribution in [0.5, 0.6) is 0 Å². The first-order valence-corrected chi connectivity index (χ1v) is 3.11. The van der Waals surface area contributed by atoms with Crippen LogP contribution in [0.1, 0.15) is 6.42 Å². The van der Waals surface area contributed by atoms with Crippen molar-refractivity contribution >= 4 is 0 Å². The molecule has 0 fully saturated rings. The second-order valence-electron chi connectivity index (χ2n) is 1.89. The van der Waals surface area contributed by atoms with Crippen LogP contribution in [0.15, 0.2) is 12.7 Å². The number of hydrogen-bond acceptors (Lipinski definition) is 2. The minimum Gasteiger partial charge on any atom is -0.390 e. The smallest absolute Gasteiger partial charge is 0.0882 e. The average molecular weight is 140 g/mol. The van der Waals surface area contributed by atoms with Crippen LogP contribution in [0.25, 0.3) is 0 Å². The van der Waals surface area contributed by atoms with Crippen molar-refractivity contribution in [1.82, 2.24) is 0 Å². The normalized spacial score (nSPS) is 12.0. The van der Waals surface area contributed by atoms with Crippen LogP contribution in [0.3, 0.4) is 0 Å². The molecule has 0 aromatic heterocycles. The van der Waals surface area contributed by atoms with Gasteiger partial charge in [-0.1, -0.05) is 6.08 Å². The van der Waals surface area contributed by atoms with Crippen molar-refractivity contribution < 1.29 is 9.84 Å². The molecule has 0 saturated carbocycles. The highest BCUT2D eigenvalue weighted by Gasteiger charge is 1.99. The van der Waals surface area contributed by atoms with Crippen molar-refractivity contribution in [3.8, 4) is 12.3 Å². The summed E-state index contributed by atoms with van der Waals surface area (Å²) in [7, 11) is 0. The zero-order valence-electron chi connectivity index (χ0n) is 5.92. The molecule has 10 heavy (non-hydrogen) atoms. The summed E-state index contributed by atoms with van der Waals surface area (Å²) in [5.74, 6) is 2.34. The summed E-state index contributed by atoms with van der Waals surface area (Å²) in [6.07, 6.45) is 6.38. The second-order valence-corrected chi connectivity index (χ2v) is 1.89. The van der Waals surface area contributed by atoms with Gasteiger partial charge in [0.15, 0.2) is 0 Å². The standard InChI is InChI=1S/C8H12O2/c1-3-5-8(9)7-10-6-4-2/h1,4,8-9H,2,5-7H2. The number of ether oxygens (including phenoxy) is 1. The quantitative estimate of drug-likeness (QED) is 0.344. The highest BCUT2D eigenvalue weighted by molar-refractivity contribution is 4.86. The SMILES string of the molecule is C#CCC(O)COCC=C. The van der Waals surface area contributed by atoms with Crippen molar-refractivity contribution in [2.45, 2.75) is 12.5 Å². The largest absolute Gasteiger partial charge is 0.390 e. The summed E-state index contributed by atoms with van der Waals surface area (Å²) >= 11 is 0. The lowest BCUT2D eigenvalue weighted by atomic mass is 10.3. The first kappa shape index (κ1) is 9.22. The zero-order valence-corrected chi connectivity index (χ0v) is 5.92. The Morgan fingerprint density at radius 1 is 1.80 bits per heavy atom. The maximum absolute atomic E-state index is 8.97. The molecule has 2 nitrogen and oxygen atoms in total. The number of aliphatic hydroxyl groups excluding tert-OH is 1. The molecule has 1 unspecified atom stereocenters. The van der Waals surface area contributed by atoms with E-state index in [1.165, 1.54) is 0 Å². The molecule has 0 heterocycles. The lowest BCUT2D eigenvalue weighted by molar-refractivity contribution is 0.0524. The summed E-state index contributed by atoms with van der Waals surface area (Å²) in [5, 5.41) is 8.97. The van der Waals surface area contributed by atoms with E-state index in [1.807, 2.05) is 0 Å². The minimum absolute atomic E-state index is 0.288. The van der Waals surface area contributed by atoms with Gasteiger partial charge in [-0.2, -0.15) is 0 Å². The van der Waals surface area contributed by atoms with Crippen LogP contribution in [-0.2, 0) is 4.74 Å². The van der Waals surface area contributed by atoms with Crippen LogP contribution < -0.4 is 0 Å². The Morgan fingerprint density at radius 3 is 3.00 bits per heavy atom. The fourth-order valence-electron chi connectivity index (χ4n) is 0.482. The van der Waals surface area contributed by atoms with Gasteiger partial charge >= 0.3 is 0 Å². The predicted octanol–water partition coefficient (Wildman–Crippen LogP) is 0.573. The highest BCUT2D eigenvalue weighted by atomic mass is 16.5. The number of rotatable bonds is 5. The molecule has 1 atom stereocenters. The maximum Gasteiger partial charge on any atom is 0.0882 e. The van der Waals surface area contributed by atoms with E-state index >= 15 is 0 Å². The van der Waals surface area contributed by atoms with E-state index in [9.17, 15) is 0 Å². The molecule has 0 aromatic carbocycles. The summed E-state index contributed by atoms with van der Waals surface area (Å²) < 4.78 is 4.93. The first-order valence-electron chi connectivity index (χ1n) is 3.11. The van der Waals surface area contributed by atoms with E-state index in [2.05, 4.69) is 12.5 Å². The van der Waals surface area contributed by atoms with Crippen molar-refractivity contribution in [2.24, 2.45) is 0 Å². The fraction of sp³-hybridized carbons (Fsp3) is 0.500.